The fraction of sp³-hybridized carbons (Fsp3) is 0. The highest BCUT2D eigenvalue weighted by molar-refractivity contribution is 5.57. The van der Waals surface area contributed by atoms with Crippen LogP contribution in [-0.4, -0.2) is 14.8 Å². The van der Waals surface area contributed by atoms with Crippen molar-refractivity contribution in [1.82, 2.24) is 14.8 Å². The molecule has 82 valence electrons. The first-order valence-corrected chi connectivity index (χ1v) is 5.45. The summed E-state index contributed by atoms with van der Waals surface area (Å²) in [5.74, 6) is 0. The van der Waals surface area contributed by atoms with Crippen LogP contribution >= 0.6 is 0 Å². The maximum Gasteiger partial charge on any atom is 0.0928 e. The minimum absolute atomic E-state index is 0.955. The van der Waals surface area contributed by atoms with Crippen LogP contribution in [-0.2, 0) is 0 Å². The van der Waals surface area contributed by atoms with E-state index in [1.165, 1.54) is 0 Å². The highest BCUT2D eigenvalue weighted by Gasteiger charge is 2.02. The van der Waals surface area contributed by atoms with Crippen molar-refractivity contribution >= 4 is 0 Å². The Labute approximate surface area is 99.4 Å². The standard InChI is InChI=1S/C14H11N3/c1-2-4-13(5-3-1)17-11-8-14(16-17)12-6-9-15-10-7-12/h1-11H. The highest BCUT2D eigenvalue weighted by atomic mass is 15.3. The first-order valence-electron chi connectivity index (χ1n) is 5.45. The Morgan fingerprint density at radius 2 is 1.59 bits per heavy atom. The van der Waals surface area contributed by atoms with Gasteiger partial charge >= 0.3 is 0 Å². The van der Waals surface area contributed by atoms with Gasteiger partial charge in [-0.1, -0.05) is 18.2 Å². The van der Waals surface area contributed by atoms with E-state index < -0.39 is 0 Å². The van der Waals surface area contributed by atoms with Gasteiger partial charge in [-0.3, -0.25) is 4.98 Å². The summed E-state index contributed by atoms with van der Waals surface area (Å²) in [6.07, 6.45) is 5.51. The molecule has 0 bridgehead atoms. The van der Waals surface area contributed by atoms with Gasteiger partial charge < -0.3 is 0 Å². The Kier molecular flexibility index (Phi) is 2.43. The van der Waals surface area contributed by atoms with Gasteiger partial charge in [0.25, 0.3) is 0 Å². The fourth-order valence-electron chi connectivity index (χ4n) is 1.73. The molecule has 1 aromatic carbocycles. The zero-order chi connectivity index (χ0) is 11.5. The molecular weight excluding hydrogens is 210 g/mol. The average molecular weight is 221 g/mol. The fourth-order valence-corrected chi connectivity index (χ4v) is 1.73. The molecule has 0 radical (unpaired) electrons. The molecule has 0 aliphatic rings. The summed E-state index contributed by atoms with van der Waals surface area (Å²) >= 11 is 0. The summed E-state index contributed by atoms with van der Waals surface area (Å²) in [4.78, 5) is 4.00. The van der Waals surface area contributed by atoms with Gasteiger partial charge in [0.2, 0.25) is 0 Å². The Bertz CT molecular complexity index is 546. The number of aromatic nitrogens is 3. The molecule has 0 N–H and O–H groups in total. The first-order chi connectivity index (χ1) is 8.43. The largest absolute Gasteiger partial charge is 0.265 e. The molecule has 0 amide bonds. The summed E-state index contributed by atoms with van der Waals surface area (Å²) < 4.78 is 1.87. The first kappa shape index (κ1) is 9.78. The van der Waals surface area contributed by atoms with Crippen LogP contribution in [0, 0.1) is 0 Å². The molecule has 17 heavy (non-hydrogen) atoms. The lowest BCUT2D eigenvalue weighted by molar-refractivity contribution is 0.884. The Balaban J connectivity index is 1.99. The van der Waals surface area contributed by atoms with E-state index in [0.29, 0.717) is 0 Å². The lowest BCUT2D eigenvalue weighted by atomic mass is 10.2. The predicted molar refractivity (Wildman–Crippen MR) is 66.8 cm³/mol. The Morgan fingerprint density at radius 1 is 0.824 bits per heavy atom. The van der Waals surface area contributed by atoms with E-state index >= 15 is 0 Å². The van der Waals surface area contributed by atoms with Crippen molar-refractivity contribution < 1.29 is 0 Å². The molecule has 3 heteroatoms. The quantitative estimate of drug-likeness (QED) is 0.666. The smallest absolute Gasteiger partial charge is 0.0928 e. The second-order valence-corrected chi connectivity index (χ2v) is 3.72. The van der Waals surface area contributed by atoms with E-state index in [0.717, 1.165) is 16.9 Å². The number of nitrogens with zero attached hydrogens (tertiary/aromatic N) is 3. The molecule has 3 rings (SSSR count). The van der Waals surface area contributed by atoms with E-state index in [9.17, 15) is 0 Å². The molecule has 3 nitrogen and oxygen atoms in total. The van der Waals surface area contributed by atoms with Crippen LogP contribution in [0.4, 0.5) is 0 Å². The maximum atomic E-state index is 4.54. The van der Waals surface area contributed by atoms with Gasteiger partial charge in [0.15, 0.2) is 0 Å². The van der Waals surface area contributed by atoms with Crippen molar-refractivity contribution in [2.24, 2.45) is 0 Å². The molecule has 0 spiro atoms. The van der Waals surface area contributed by atoms with E-state index in [4.69, 9.17) is 0 Å². The molecule has 0 aliphatic heterocycles. The predicted octanol–water partition coefficient (Wildman–Crippen LogP) is 2.93. The maximum absolute atomic E-state index is 4.54. The minimum Gasteiger partial charge on any atom is -0.265 e. The zero-order valence-corrected chi connectivity index (χ0v) is 9.19. The van der Waals surface area contributed by atoms with Crippen molar-refractivity contribution in [3.05, 3.63) is 67.1 Å². The van der Waals surface area contributed by atoms with Crippen LogP contribution < -0.4 is 0 Å². The Hall–Kier alpha value is -2.42. The third-order valence-electron chi connectivity index (χ3n) is 2.59. The van der Waals surface area contributed by atoms with Gasteiger partial charge in [-0.2, -0.15) is 5.10 Å². The average Bonchev–Trinajstić information content (AvgIpc) is 2.90. The number of hydrogen-bond acceptors (Lipinski definition) is 2. The van der Waals surface area contributed by atoms with Gasteiger partial charge in [-0.05, 0) is 30.3 Å². The van der Waals surface area contributed by atoms with Crippen molar-refractivity contribution in [2.75, 3.05) is 0 Å². The second-order valence-electron chi connectivity index (χ2n) is 3.72. The molecule has 0 saturated heterocycles. The molecule has 3 aromatic rings. The summed E-state index contributed by atoms with van der Waals surface area (Å²) in [5, 5.41) is 4.54. The monoisotopic (exact) mass is 221 g/mol. The van der Waals surface area contributed by atoms with Gasteiger partial charge in [-0.25, -0.2) is 4.68 Å². The minimum atomic E-state index is 0.955. The molecular formula is C14H11N3. The summed E-state index contributed by atoms with van der Waals surface area (Å²) in [5.41, 5.74) is 3.10. The van der Waals surface area contributed by atoms with Crippen LogP contribution in [0.25, 0.3) is 16.9 Å². The second kappa shape index (κ2) is 4.22. The lowest BCUT2D eigenvalue weighted by Crippen LogP contribution is -1.93. The molecule has 2 aromatic heterocycles. The van der Waals surface area contributed by atoms with Gasteiger partial charge in [0.1, 0.15) is 0 Å². The van der Waals surface area contributed by atoms with E-state index in [2.05, 4.69) is 10.1 Å². The van der Waals surface area contributed by atoms with Crippen LogP contribution in [0.1, 0.15) is 0 Å². The third kappa shape index (κ3) is 1.95. The Morgan fingerprint density at radius 3 is 2.35 bits per heavy atom. The SMILES string of the molecule is c1ccc(-n2ccc(-c3ccncc3)n2)cc1. The third-order valence-corrected chi connectivity index (χ3v) is 2.59. The molecule has 0 saturated carbocycles. The van der Waals surface area contributed by atoms with E-state index in [1.807, 2.05) is 59.4 Å². The van der Waals surface area contributed by atoms with Crippen molar-refractivity contribution in [3.8, 4) is 16.9 Å². The van der Waals surface area contributed by atoms with E-state index in [-0.39, 0.29) is 0 Å². The van der Waals surface area contributed by atoms with Crippen LogP contribution in [0.15, 0.2) is 67.1 Å². The number of benzene rings is 1. The number of pyridine rings is 1. The molecule has 0 fully saturated rings. The normalized spacial score (nSPS) is 10.4. The van der Waals surface area contributed by atoms with E-state index in [1.54, 1.807) is 12.4 Å². The molecule has 2 heterocycles. The molecule has 0 atom stereocenters. The zero-order valence-electron chi connectivity index (χ0n) is 9.19. The summed E-state index contributed by atoms with van der Waals surface area (Å²) in [6.45, 7) is 0. The highest BCUT2D eigenvalue weighted by Crippen LogP contribution is 2.17. The topological polar surface area (TPSA) is 30.7 Å². The number of para-hydroxylation sites is 1. The number of hydrogen-bond donors (Lipinski definition) is 0. The molecule has 0 unspecified atom stereocenters. The van der Waals surface area contributed by atoms with Gasteiger partial charge in [0.05, 0.1) is 11.4 Å². The lowest BCUT2D eigenvalue weighted by Gasteiger charge is -1.99. The van der Waals surface area contributed by atoms with Crippen LogP contribution in [0.5, 0.6) is 0 Å². The van der Waals surface area contributed by atoms with Crippen molar-refractivity contribution in [1.29, 1.82) is 0 Å². The van der Waals surface area contributed by atoms with Crippen LogP contribution in [0.2, 0.25) is 0 Å². The summed E-state index contributed by atoms with van der Waals surface area (Å²) in [6, 6.07) is 16.0. The van der Waals surface area contributed by atoms with Crippen LogP contribution in [0.3, 0.4) is 0 Å². The number of rotatable bonds is 2. The van der Waals surface area contributed by atoms with Crippen molar-refractivity contribution in [2.45, 2.75) is 0 Å². The van der Waals surface area contributed by atoms with Gasteiger partial charge in [-0.15, -0.1) is 0 Å². The van der Waals surface area contributed by atoms with Gasteiger partial charge in [0, 0.05) is 24.2 Å². The summed E-state index contributed by atoms with van der Waals surface area (Å²) in [7, 11) is 0. The van der Waals surface area contributed by atoms with Crippen molar-refractivity contribution in [3.63, 3.8) is 0 Å². The molecule has 0 aliphatic carbocycles.